The maximum absolute atomic E-state index is 12.7. The molecule has 0 radical (unpaired) electrons. The summed E-state index contributed by atoms with van der Waals surface area (Å²) >= 11 is 0. The predicted molar refractivity (Wildman–Crippen MR) is 75.4 cm³/mol. The highest BCUT2D eigenvalue weighted by Crippen LogP contribution is 2.15. The van der Waals surface area contributed by atoms with Crippen molar-refractivity contribution in [2.24, 2.45) is 5.92 Å². The summed E-state index contributed by atoms with van der Waals surface area (Å²) in [7, 11) is 0. The lowest BCUT2D eigenvalue weighted by Gasteiger charge is -2.14. The molecule has 6 heteroatoms. The third kappa shape index (κ3) is 3.71. The highest BCUT2D eigenvalue weighted by atomic mass is 19.1. The number of hydrogen-bond acceptors (Lipinski definition) is 3. The van der Waals surface area contributed by atoms with E-state index < -0.39 is 6.04 Å². The van der Waals surface area contributed by atoms with Crippen molar-refractivity contribution >= 4 is 11.9 Å². The average molecular weight is 294 g/mol. The number of carbonyl (C=O) groups is 2. The zero-order valence-corrected chi connectivity index (χ0v) is 12.1. The Bertz CT molecular complexity index is 516. The van der Waals surface area contributed by atoms with Crippen LogP contribution in [0.25, 0.3) is 0 Å². The number of ether oxygens (including phenoxy) is 1. The lowest BCUT2D eigenvalue weighted by atomic mass is 10.1. The number of amides is 3. The minimum atomic E-state index is -0.435. The molecule has 1 aromatic rings. The smallest absolute Gasteiger partial charge is 0.324 e. The van der Waals surface area contributed by atoms with E-state index >= 15 is 0 Å². The third-order valence-electron chi connectivity index (χ3n) is 3.33. The molecule has 0 bridgehead atoms. The van der Waals surface area contributed by atoms with Crippen LogP contribution in [0.2, 0.25) is 0 Å². The van der Waals surface area contributed by atoms with Gasteiger partial charge in [-0.15, -0.1) is 0 Å². The van der Waals surface area contributed by atoms with Crippen LogP contribution < -0.4 is 10.1 Å². The van der Waals surface area contributed by atoms with Gasteiger partial charge in [-0.1, -0.05) is 13.8 Å². The van der Waals surface area contributed by atoms with Gasteiger partial charge in [-0.3, -0.25) is 9.69 Å². The first-order chi connectivity index (χ1) is 9.99. The Hall–Kier alpha value is -2.11. The molecule has 1 atom stereocenters. The maximum atomic E-state index is 12.7. The quantitative estimate of drug-likeness (QED) is 0.646. The largest absolute Gasteiger partial charge is 0.494 e. The summed E-state index contributed by atoms with van der Waals surface area (Å²) in [4.78, 5) is 25.0. The van der Waals surface area contributed by atoms with Gasteiger partial charge in [0.25, 0.3) is 5.91 Å². The van der Waals surface area contributed by atoms with Crippen molar-refractivity contribution in [3.8, 4) is 5.75 Å². The van der Waals surface area contributed by atoms with Crippen molar-refractivity contribution in [3.05, 3.63) is 30.1 Å². The van der Waals surface area contributed by atoms with Crippen LogP contribution in [-0.2, 0) is 4.79 Å². The van der Waals surface area contributed by atoms with E-state index in [0.29, 0.717) is 25.3 Å². The number of nitrogens with one attached hydrogen (secondary N) is 1. The number of imide groups is 1. The zero-order valence-electron chi connectivity index (χ0n) is 12.1. The molecular weight excluding hydrogens is 275 g/mol. The Morgan fingerprint density at radius 2 is 1.95 bits per heavy atom. The normalized spacial score (nSPS) is 18.3. The van der Waals surface area contributed by atoms with Gasteiger partial charge < -0.3 is 10.1 Å². The van der Waals surface area contributed by atoms with Crippen molar-refractivity contribution in [1.29, 1.82) is 0 Å². The first-order valence-corrected chi connectivity index (χ1v) is 6.99. The number of benzene rings is 1. The number of nitrogens with zero attached hydrogens (tertiary/aromatic N) is 1. The number of hydrogen-bond donors (Lipinski definition) is 1. The molecule has 114 valence electrons. The predicted octanol–water partition coefficient (Wildman–Crippen LogP) is 2.17. The molecule has 2 rings (SSSR count). The Labute approximate surface area is 123 Å². The van der Waals surface area contributed by atoms with Crippen LogP contribution in [0.1, 0.15) is 20.3 Å². The summed E-state index contributed by atoms with van der Waals surface area (Å²) in [6.07, 6.45) is 0.529. The fourth-order valence-corrected chi connectivity index (χ4v) is 2.15. The SMILES string of the molecule is CC(C)C1NC(=O)N(CCCOc2ccc(F)cc2)C1=O. The van der Waals surface area contributed by atoms with Crippen molar-refractivity contribution in [2.75, 3.05) is 13.2 Å². The van der Waals surface area contributed by atoms with Crippen LogP contribution in [0.4, 0.5) is 9.18 Å². The molecule has 5 nitrogen and oxygen atoms in total. The molecule has 0 saturated carbocycles. The second-order valence-corrected chi connectivity index (χ2v) is 5.32. The topological polar surface area (TPSA) is 58.6 Å². The summed E-state index contributed by atoms with van der Waals surface area (Å²) in [6.45, 7) is 4.46. The fourth-order valence-electron chi connectivity index (χ4n) is 2.15. The molecule has 1 saturated heterocycles. The minimum absolute atomic E-state index is 0.0712. The van der Waals surface area contributed by atoms with E-state index in [-0.39, 0.29) is 23.7 Å². The summed E-state index contributed by atoms with van der Waals surface area (Å²) in [5, 5.41) is 2.67. The Kier molecular flexibility index (Phi) is 4.77. The zero-order chi connectivity index (χ0) is 15.4. The van der Waals surface area contributed by atoms with Crippen LogP contribution in [0.3, 0.4) is 0 Å². The minimum Gasteiger partial charge on any atom is -0.494 e. The van der Waals surface area contributed by atoms with E-state index in [2.05, 4.69) is 5.32 Å². The van der Waals surface area contributed by atoms with Crippen molar-refractivity contribution < 1.29 is 18.7 Å². The van der Waals surface area contributed by atoms with Crippen LogP contribution in [0.15, 0.2) is 24.3 Å². The third-order valence-corrected chi connectivity index (χ3v) is 3.33. The number of urea groups is 1. The van der Waals surface area contributed by atoms with E-state index in [0.717, 1.165) is 0 Å². The second-order valence-electron chi connectivity index (χ2n) is 5.32. The van der Waals surface area contributed by atoms with Crippen LogP contribution in [0, 0.1) is 11.7 Å². The van der Waals surface area contributed by atoms with Crippen LogP contribution in [-0.4, -0.2) is 36.0 Å². The Morgan fingerprint density at radius 3 is 2.52 bits per heavy atom. The first-order valence-electron chi connectivity index (χ1n) is 6.99. The molecule has 1 aromatic carbocycles. The first kappa shape index (κ1) is 15.3. The highest BCUT2D eigenvalue weighted by molar-refractivity contribution is 6.04. The van der Waals surface area contributed by atoms with E-state index in [9.17, 15) is 14.0 Å². The second kappa shape index (κ2) is 6.56. The summed E-state index contributed by atoms with van der Waals surface area (Å²) in [5.41, 5.74) is 0. The van der Waals surface area contributed by atoms with Gasteiger partial charge in [0.1, 0.15) is 17.6 Å². The van der Waals surface area contributed by atoms with Gasteiger partial charge in [0.2, 0.25) is 0 Å². The molecule has 0 spiro atoms. The van der Waals surface area contributed by atoms with Crippen molar-refractivity contribution in [3.63, 3.8) is 0 Å². The fraction of sp³-hybridized carbons (Fsp3) is 0.467. The molecule has 1 unspecified atom stereocenters. The summed E-state index contributed by atoms with van der Waals surface area (Å²) in [6, 6.07) is 4.94. The van der Waals surface area contributed by atoms with E-state index in [1.54, 1.807) is 0 Å². The summed E-state index contributed by atoms with van der Waals surface area (Å²) in [5.74, 6) is 0.133. The van der Waals surface area contributed by atoms with Gasteiger partial charge >= 0.3 is 6.03 Å². The molecule has 1 N–H and O–H groups in total. The Morgan fingerprint density at radius 1 is 1.29 bits per heavy atom. The van der Waals surface area contributed by atoms with Crippen molar-refractivity contribution in [1.82, 2.24) is 10.2 Å². The van der Waals surface area contributed by atoms with Gasteiger partial charge in [0.15, 0.2) is 0 Å². The van der Waals surface area contributed by atoms with Crippen LogP contribution in [0.5, 0.6) is 5.75 Å². The van der Waals surface area contributed by atoms with Crippen LogP contribution >= 0.6 is 0 Å². The molecule has 1 aliphatic heterocycles. The molecule has 0 aromatic heterocycles. The van der Waals surface area contributed by atoms with E-state index in [1.807, 2.05) is 13.8 Å². The average Bonchev–Trinajstić information content (AvgIpc) is 2.73. The van der Waals surface area contributed by atoms with Gasteiger partial charge in [0, 0.05) is 6.54 Å². The monoisotopic (exact) mass is 294 g/mol. The van der Waals surface area contributed by atoms with Gasteiger partial charge in [-0.05, 0) is 36.6 Å². The Balaban J connectivity index is 1.77. The molecule has 1 heterocycles. The molecule has 1 fully saturated rings. The number of halogens is 1. The van der Waals surface area contributed by atoms with Gasteiger partial charge in [0.05, 0.1) is 6.61 Å². The molecule has 3 amide bonds. The van der Waals surface area contributed by atoms with Gasteiger partial charge in [-0.25, -0.2) is 9.18 Å². The molecule has 0 aliphatic carbocycles. The van der Waals surface area contributed by atoms with Gasteiger partial charge in [-0.2, -0.15) is 0 Å². The number of rotatable bonds is 6. The molecular formula is C15H19FN2O3. The van der Waals surface area contributed by atoms with Crippen molar-refractivity contribution in [2.45, 2.75) is 26.3 Å². The molecule has 21 heavy (non-hydrogen) atoms. The standard InChI is InChI=1S/C15H19FN2O3/c1-10(2)13-14(19)18(15(20)17-13)8-3-9-21-12-6-4-11(16)5-7-12/h4-7,10,13H,3,8-9H2,1-2H3,(H,17,20). The molecule has 1 aliphatic rings. The lowest BCUT2D eigenvalue weighted by molar-refractivity contribution is -0.128. The van der Waals surface area contributed by atoms with E-state index in [4.69, 9.17) is 4.74 Å². The maximum Gasteiger partial charge on any atom is 0.324 e. The number of carbonyl (C=O) groups excluding carboxylic acids is 2. The summed E-state index contributed by atoms with van der Waals surface area (Å²) < 4.78 is 18.2. The lowest BCUT2D eigenvalue weighted by Crippen LogP contribution is -2.35. The highest BCUT2D eigenvalue weighted by Gasteiger charge is 2.38. The van der Waals surface area contributed by atoms with E-state index in [1.165, 1.54) is 29.2 Å².